The molecule has 1 atom stereocenters. The predicted octanol–water partition coefficient (Wildman–Crippen LogP) is 3.94. The van der Waals surface area contributed by atoms with Crippen molar-refractivity contribution in [1.29, 1.82) is 0 Å². The minimum atomic E-state index is 0.434. The molecule has 2 aromatic heterocycles. The van der Waals surface area contributed by atoms with Crippen LogP contribution in [0.25, 0.3) is 22.3 Å². The smallest absolute Gasteiger partial charge is 0.183 e. The summed E-state index contributed by atoms with van der Waals surface area (Å²) in [6, 6.07) is 17.1. The zero-order valence-corrected chi connectivity index (χ0v) is 19.5. The highest BCUT2D eigenvalue weighted by Crippen LogP contribution is 2.26. The van der Waals surface area contributed by atoms with Crippen LogP contribution in [0.2, 0.25) is 0 Å². The highest BCUT2D eigenvalue weighted by molar-refractivity contribution is 5.85. The summed E-state index contributed by atoms with van der Waals surface area (Å²) >= 11 is 0. The zero-order valence-electron chi connectivity index (χ0n) is 19.5. The van der Waals surface area contributed by atoms with Crippen molar-refractivity contribution < 1.29 is 0 Å². The van der Waals surface area contributed by atoms with Gasteiger partial charge in [0.15, 0.2) is 11.6 Å². The van der Waals surface area contributed by atoms with Crippen LogP contribution in [0.5, 0.6) is 0 Å². The van der Waals surface area contributed by atoms with Gasteiger partial charge in [0, 0.05) is 42.3 Å². The van der Waals surface area contributed by atoms with Crippen LogP contribution in [0.4, 0.5) is 5.82 Å². The number of fused-ring (bicyclic) bond motifs is 1. The van der Waals surface area contributed by atoms with Crippen LogP contribution >= 0.6 is 0 Å². The molecule has 0 aliphatic carbocycles. The number of nitrogens with zero attached hydrogens (tertiary/aromatic N) is 5. The van der Waals surface area contributed by atoms with Crippen molar-refractivity contribution in [2.24, 2.45) is 5.92 Å². The van der Waals surface area contributed by atoms with Crippen molar-refractivity contribution in [2.75, 3.05) is 24.5 Å². The molecule has 33 heavy (non-hydrogen) atoms. The molecule has 5 rings (SSSR count). The summed E-state index contributed by atoms with van der Waals surface area (Å²) in [5.74, 6) is 2.18. The Morgan fingerprint density at radius 1 is 1.06 bits per heavy atom. The van der Waals surface area contributed by atoms with Gasteiger partial charge >= 0.3 is 0 Å². The summed E-state index contributed by atoms with van der Waals surface area (Å²) < 4.78 is 0. The Hall–Kier alpha value is -3.32. The van der Waals surface area contributed by atoms with E-state index in [-0.39, 0.29) is 0 Å². The van der Waals surface area contributed by atoms with Gasteiger partial charge in [-0.3, -0.25) is 5.10 Å². The monoisotopic (exact) mass is 441 g/mol. The third-order valence-electron chi connectivity index (χ3n) is 6.54. The fourth-order valence-corrected chi connectivity index (χ4v) is 4.48. The average molecular weight is 442 g/mol. The minimum absolute atomic E-state index is 0.434. The molecular formula is C26H31N7. The molecule has 170 valence electrons. The van der Waals surface area contributed by atoms with Crippen LogP contribution in [-0.2, 0) is 12.8 Å². The first kappa shape index (κ1) is 21.5. The second-order valence-electron chi connectivity index (χ2n) is 9.22. The summed E-state index contributed by atoms with van der Waals surface area (Å²) in [6.07, 6.45) is 1.74. The Bertz CT molecular complexity index is 1230. The summed E-state index contributed by atoms with van der Waals surface area (Å²) in [5, 5.41) is 21.4. The fraction of sp³-hybridized carbons (Fsp3) is 0.385. The Labute approximate surface area is 194 Å². The molecule has 1 saturated heterocycles. The molecule has 0 amide bonds. The summed E-state index contributed by atoms with van der Waals surface area (Å²) in [7, 11) is 0. The number of aromatic amines is 1. The highest BCUT2D eigenvalue weighted by Gasteiger charge is 2.25. The Morgan fingerprint density at radius 3 is 2.73 bits per heavy atom. The molecule has 0 radical (unpaired) electrons. The number of rotatable bonds is 6. The van der Waals surface area contributed by atoms with E-state index in [9.17, 15) is 0 Å². The van der Waals surface area contributed by atoms with Crippen molar-refractivity contribution >= 4 is 16.7 Å². The zero-order chi connectivity index (χ0) is 22.8. The number of hydrogen-bond acceptors (Lipinski definition) is 6. The van der Waals surface area contributed by atoms with Gasteiger partial charge in [-0.25, -0.2) is 4.98 Å². The molecule has 0 bridgehead atoms. The van der Waals surface area contributed by atoms with Crippen LogP contribution in [0, 0.1) is 12.8 Å². The summed E-state index contributed by atoms with van der Waals surface area (Å²) in [5.41, 5.74) is 5.22. The first-order chi connectivity index (χ1) is 16.1. The number of hydrogen-bond donors (Lipinski definition) is 2. The van der Waals surface area contributed by atoms with Crippen molar-refractivity contribution in [3.8, 4) is 11.4 Å². The number of H-pyrrole nitrogens is 1. The molecule has 3 heterocycles. The van der Waals surface area contributed by atoms with E-state index in [0.29, 0.717) is 17.8 Å². The fourth-order valence-electron chi connectivity index (χ4n) is 4.48. The molecule has 7 nitrogen and oxygen atoms in total. The van der Waals surface area contributed by atoms with Crippen LogP contribution in [0.1, 0.15) is 30.8 Å². The van der Waals surface area contributed by atoms with Gasteiger partial charge in [-0.2, -0.15) is 5.10 Å². The summed E-state index contributed by atoms with van der Waals surface area (Å²) in [6.45, 7) is 9.35. The van der Waals surface area contributed by atoms with Gasteiger partial charge in [0.25, 0.3) is 0 Å². The second kappa shape index (κ2) is 9.27. The van der Waals surface area contributed by atoms with Gasteiger partial charge in [0.05, 0.1) is 5.52 Å². The van der Waals surface area contributed by atoms with Crippen molar-refractivity contribution in [1.82, 2.24) is 30.7 Å². The van der Waals surface area contributed by atoms with Gasteiger partial charge < -0.3 is 10.2 Å². The lowest BCUT2D eigenvalue weighted by atomic mass is 10.0. The van der Waals surface area contributed by atoms with E-state index in [4.69, 9.17) is 10.1 Å². The molecule has 1 unspecified atom stereocenters. The van der Waals surface area contributed by atoms with Crippen LogP contribution in [-0.4, -0.2) is 51.1 Å². The first-order valence-electron chi connectivity index (χ1n) is 11.8. The SMILES string of the molecule is Cc1[nH]nc2ccc(-c3nnc(CCc4ccccc4)c(N4CCNC(C(C)C)C4)n3)cc12. The number of nitrogens with one attached hydrogen (secondary N) is 2. The van der Waals surface area contributed by atoms with E-state index in [1.165, 1.54) is 5.56 Å². The van der Waals surface area contributed by atoms with Crippen molar-refractivity contribution in [3.05, 3.63) is 65.5 Å². The summed E-state index contributed by atoms with van der Waals surface area (Å²) in [4.78, 5) is 7.48. The maximum absolute atomic E-state index is 5.09. The molecule has 2 N–H and O–H groups in total. The van der Waals surface area contributed by atoms with E-state index in [1.807, 2.05) is 19.1 Å². The standard InChI is InChI=1S/C26H31N7/c1-17(2)24-16-33(14-13-27-24)26-23(11-9-19-7-5-4-6-8-19)31-32-25(28-26)20-10-12-22-21(15-20)18(3)29-30-22/h4-8,10,12,15,17,24,27H,9,11,13-14,16H2,1-3H3,(H,29,30). The Kier molecular flexibility index (Phi) is 6.05. The van der Waals surface area contributed by atoms with Gasteiger partial charge in [-0.1, -0.05) is 44.2 Å². The Morgan fingerprint density at radius 2 is 1.91 bits per heavy atom. The number of piperazine rings is 1. The van der Waals surface area contributed by atoms with Gasteiger partial charge in [0.1, 0.15) is 5.69 Å². The lowest BCUT2D eigenvalue weighted by Gasteiger charge is -2.37. The van der Waals surface area contributed by atoms with Gasteiger partial charge in [-0.05, 0) is 49.4 Å². The molecule has 7 heteroatoms. The van der Waals surface area contributed by atoms with Crippen molar-refractivity contribution in [2.45, 2.75) is 39.7 Å². The molecule has 2 aromatic carbocycles. The molecule has 1 aliphatic rings. The molecular weight excluding hydrogens is 410 g/mol. The average Bonchev–Trinajstić information content (AvgIpc) is 3.23. The minimum Gasteiger partial charge on any atom is -0.352 e. The van der Waals surface area contributed by atoms with Crippen LogP contribution < -0.4 is 10.2 Å². The molecule has 0 saturated carbocycles. The molecule has 0 spiro atoms. The Balaban J connectivity index is 1.50. The molecule has 1 fully saturated rings. The van der Waals surface area contributed by atoms with E-state index < -0.39 is 0 Å². The van der Waals surface area contributed by atoms with Gasteiger partial charge in [-0.15, -0.1) is 10.2 Å². The predicted molar refractivity (Wildman–Crippen MR) is 132 cm³/mol. The number of aryl methyl sites for hydroxylation is 3. The largest absolute Gasteiger partial charge is 0.352 e. The van der Waals surface area contributed by atoms with Crippen LogP contribution in [0.3, 0.4) is 0 Å². The van der Waals surface area contributed by atoms with E-state index in [2.05, 4.69) is 75.8 Å². The number of anilines is 1. The maximum Gasteiger partial charge on any atom is 0.183 e. The lowest BCUT2D eigenvalue weighted by Crippen LogP contribution is -2.53. The maximum atomic E-state index is 5.09. The molecule has 1 aliphatic heterocycles. The third kappa shape index (κ3) is 4.59. The van der Waals surface area contributed by atoms with Crippen LogP contribution in [0.15, 0.2) is 48.5 Å². The van der Waals surface area contributed by atoms with Gasteiger partial charge in [0.2, 0.25) is 0 Å². The first-order valence-corrected chi connectivity index (χ1v) is 11.8. The second-order valence-corrected chi connectivity index (χ2v) is 9.22. The van der Waals surface area contributed by atoms with E-state index in [1.54, 1.807) is 0 Å². The van der Waals surface area contributed by atoms with E-state index >= 15 is 0 Å². The number of aromatic nitrogens is 5. The molecule has 4 aromatic rings. The number of benzene rings is 2. The lowest BCUT2D eigenvalue weighted by molar-refractivity contribution is 0.366. The topological polar surface area (TPSA) is 82.6 Å². The van der Waals surface area contributed by atoms with Crippen molar-refractivity contribution in [3.63, 3.8) is 0 Å². The van der Waals surface area contributed by atoms with E-state index in [0.717, 1.165) is 66.1 Å². The third-order valence-corrected chi connectivity index (χ3v) is 6.54. The highest BCUT2D eigenvalue weighted by atomic mass is 15.3. The quantitative estimate of drug-likeness (QED) is 0.472. The normalized spacial score (nSPS) is 16.6.